The lowest BCUT2D eigenvalue weighted by molar-refractivity contribution is -0.167. The topological polar surface area (TPSA) is 181 Å². The Labute approximate surface area is 363 Å². The molecule has 0 bridgehead atoms. The Bertz CT molecular complexity index is 1130. The molecule has 0 rings (SSSR count). The Balaban J connectivity index is 4.51. The third-order valence-electron chi connectivity index (χ3n) is 10.2. The van der Waals surface area contributed by atoms with Crippen molar-refractivity contribution >= 4 is 29.8 Å². The Morgan fingerprint density at radius 2 is 0.867 bits per heavy atom. The molecule has 12 heteroatoms. The van der Waals surface area contributed by atoms with E-state index in [-0.39, 0.29) is 52.0 Å². The molecule has 2 atom stereocenters. The summed E-state index contributed by atoms with van der Waals surface area (Å²) in [5.41, 5.74) is 5.41. The minimum Gasteiger partial charge on any atom is -0.464 e. The molecule has 348 valence electrons. The molecule has 60 heavy (non-hydrogen) atoms. The van der Waals surface area contributed by atoms with Crippen LogP contribution in [0.2, 0.25) is 0 Å². The minimum absolute atomic E-state index is 0.00272. The first-order chi connectivity index (χ1) is 29.2. The Morgan fingerprint density at radius 1 is 0.500 bits per heavy atom. The predicted octanol–water partition coefficient (Wildman–Crippen LogP) is 9.82. The Hall–Kier alpha value is -3.25. The van der Waals surface area contributed by atoms with Crippen LogP contribution in [-0.4, -0.2) is 80.0 Å². The van der Waals surface area contributed by atoms with Crippen LogP contribution in [0.3, 0.4) is 0 Å². The fourth-order valence-electron chi connectivity index (χ4n) is 6.39. The largest absolute Gasteiger partial charge is 0.464 e. The van der Waals surface area contributed by atoms with E-state index in [4.69, 9.17) is 29.8 Å². The number of aliphatic hydroxyl groups is 1. The molecule has 1 amide bonds. The number of amides is 1. The van der Waals surface area contributed by atoms with Crippen molar-refractivity contribution in [2.45, 2.75) is 219 Å². The molecule has 0 radical (unpaired) electrons. The van der Waals surface area contributed by atoms with Gasteiger partial charge in [0.1, 0.15) is 25.9 Å². The number of carbonyl (C=O) groups is 5. The van der Waals surface area contributed by atoms with Crippen LogP contribution in [0.15, 0.2) is 24.3 Å². The van der Waals surface area contributed by atoms with Gasteiger partial charge in [0.15, 0.2) is 6.10 Å². The molecule has 0 aromatic heterocycles. The quantitative estimate of drug-likeness (QED) is 0.0230. The van der Waals surface area contributed by atoms with Crippen molar-refractivity contribution < 1.29 is 48.0 Å². The number of nitrogens with one attached hydrogen (secondary N) is 1. The zero-order valence-corrected chi connectivity index (χ0v) is 37.9. The van der Waals surface area contributed by atoms with Gasteiger partial charge in [0.2, 0.25) is 5.91 Å². The summed E-state index contributed by atoms with van der Waals surface area (Å²) in [5, 5.41) is 11.3. The van der Waals surface area contributed by atoms with Crippen molar-refractivity contribution in [3.8, 4) is 0 Å². The zero-order valence-electron chi connectivity index (χ0n) is 37.9. The fraction of sp³-hybridized carbons (Fsp3) is 0.812. The van der Waals surface area contributed by atoms with E-state index in [1.54, 1.807) is 0 Å². The highest BCUT2D eigenvalue weighted by atomic mass is 16.6. The van der Waals surface area contributed by atoms with Crippen molar-refractivity contribution in [1.29, 1.82) is 0 Å². The summed E-state index contributed by atoms with van der Waals surface area (Å²) >= 11 is 0. The van der Waals surface area contributed by atoms with Gasteiger partial charge in [0, 0.05) is 12.8 Å². The van der Waals surface area contributed by atoms with E-state index in [9.17, 15) is 24.0 Å². The van der Waals surface area contributed by atoms with E-state index in [2.05, 4.69) is 43.5 Å². The highest BCUT2D eigenvalue weighted by Crippen LogP contribution is 2.13. The molecular formula is C48H86N2O10. The number of allylic oxidation sites excluding steroid dienone is 4. The third-order valence-corrected chi connectivity index (χ3v) is 10.2. The molecule has 1 unspecified atom stereocenters. The summed E-state index contributed by atoms with van der Waals surface area (Å²) in [5.74, 6) is -2.78. The van der Waals surface area contributed by atoms with Gasteiger partial charge in [-0.1, -0.05) is 141 Å². The monoisotopic (exact) mass is 851 g/mol. The van der Waals surface area contributed by atoms with Crippen molar-refractivity contribution in [3.05, 3.63) is 24.3 Å². The summed E-state index contributed by atoms with van der Waals surface area (Å²) < 4.78 is 21.3. The smallest absolute Gasteiger partial charge is 0.306 e. The van der Waals surface area contributed by atoms with E-state index < -0.39 is 48.5 Å². The van der Waals surface area contributed by atoms with Gasteiger partial charge >= 0.3 is 23.9 Å². The van der Waals surface area contributed by atoms with Crippen LogP contribution in [0.1, 0.15) is 206 Å². The first-order valence-corrected chi connectivity index (χ1v) is 23.8. The third kappa shape index (κ3) is 40.2. The maximum atomic E-state index is 12.7. The van der Waals surface area contributed by atoms with E-state index in [1.165, 1.54) is 83.5 Å². The van der Waals surface area contributed by atoms with Crippen molar-refractivity contribution in [2.24, 2.45) is 5.73 Å². The Kier molecular flexibility index (Phi) is 41.5. The van der Waals surface area contributed by atoms with Gasteiger partial charge in [-0.3, -0.25) is 24.0 Å². The van der Waals surface area contributed by atoms with Gasteiger partial charge in [-0.2, -0.15) is 0 Å². The summed E-state index contributed by atoms with van der Waals surface area (Å²) in [6.07, 6.45) is 38.3. The number of carbonyl (C=O) groups excluding carboxylic acids is 5. The number of rotatable bonds is 43. The molecule has 12 nitrogen and oxygen atoms in total. The van der Waals surface area contributed by atoms with Gasteiger partial charge in [-0.05, 0) is 64.2 Å². The SMILES string of the molecule is CCCCCCCC/C=C\CCCCCCCC(=O)OC[C@@H](COC(=O)CCC(=O)OCCNC(=O)C(N)CO)OC(=O)CCCCCCC/C=C\CCCCCCCC. The number of esters is 4. The number of nitrogens with two attached hydrogens (primary N) is 1. The standard InChI is InChI=1S/C48H86N2O10/c1-3-5-7-9-11-13-15-17-19-21-23-25-27-29-31-33-44(52)58-40-42(41-59-46(54)36-35-45(53)57-38-37-50-48(56)43(49)39-51)60-47(55)34-32-30-28-26-24-22-20-18-16-14-12-10-8-6-4-2/h17-20,42-43,51H,3-16,21-41,49H2,1-2H3,(H,50,56)/b19-17-,20-18-/t42-,43?/m0/s1. The molecule has 0 heterocycles. The lowest BCUT2D eigenvalue weighted by atomic mass is 10.1. The van der Waals surface area contributed by atoms with Crippen LogP contribution in [0, 0.1) is 0 Å². The lowest BCUT2D eigenvalue weighted by Gasteiger charge is -2.18. The zero-order chi connectivity index (χ0) is 44.2. The number of hydrogen-bond donors (Lipinski definition) is 3. The van der Waals surface area contributed by atoms with Gasteiger partial charge in [-0.25, -0.2) is 0 Å². The number of aliphatic hydroxyl groups excluding tert-OH is 1. The number of hydrogen-bond acceptors (Lipinski definition) is 11. The van der Waals surface area contributed by atoms with Gasteiger partial charge in [0.05, 0.1) is 26.0 Å². The van der Waals surface area contributed by atoms with Crippen LogP contribution in [0.25, 0.3) is 0 Å². The van der Waals surface area contributed by atoms with E-state index in [0.29, 0.717) is 12.8 Å². The molecule has 0 saturated carbocycles. The second kappa shape index (κ2) is 43.8. The molecule has 4 N–H and O–H groups in total. The van der Waals surface area contributed by atoms with Crippen LogP contribution >= 0.6 is 0 Å². The molecule has 0 aliphatic rings. The van der Waals surface area contributed by atoms with E-state index in [0.717, 1.165) is 70.6 Å². The van der Waals surface area contributed by atoms with Crippen LogP contribution in [0.5, 0.6) is 0 Å². The normalized spacial score (nSPS) is 12.4. The number of ether oxygens (including phenoxy) is 4. The Morgan fingerprint density at radius 3 is 1.30 bits per heavy atom. The van der Waals surface area contributed by atoms with Gasteiger partial charge in [-0.15, -0.1) is 0 Å². The van der Waals surface area contributed by atoms with Gasteiger partial charge < -0.3 is 35.1 Å². The average Bonchev–Trinajstić information content (AvgIpc) is 3.24. The molecule has 0 aliphatic carbocycles. The summed E-state index contributed by atoms with van der Waals surface area (Å²) in [6, 6.07) is -1.06. The molecular weight excluding hydrogens is 765 g/mol. The van der Waals surface area contributed by atoms with Crippen molar-refractivity contribution in [2.75, 3.05) is 33.0 Å². The van der Waals surface area contributed by atoms with Crippen LogP contribution in [0.4, 0.5) is 0 Å². The highest BCUT2D eigenvalue weighted by molar-refractivity contribution is 5.81. The maximum absolute atomic E-state index is 12.7. The summed E-state index contributed by atoms with van der Waals surface area (Å²) in [6.45, 7) is 3.30. The van der Waals surface area contributed by atoms with Crippen LogP contribution < -0.4 is 11.1 Å². The average molecular weight is 851 g/mol. The van der Waals surface area contributed by atoms with Crippen LogP contribution in [-0.2, 0) is 42.9 Å². The number of unbranched alkanes of at least 4 members (excludes halogenated alkanes) is 22. The maximum Gasteiger partial charge on any atom is 0.306 e. The molecule has 0 aromatic rings. The highest BCUT2D eigenvalue weighted by Gasteiger charge is 2.20. The van der Waals surface area contributed by atoms with E-state index >= 15 is 0 Å². The first-order valence-electron chi connectivity index (χ1n) is 23.8. The summed E-state index contributed by atoms with van der Waals surface area (Å²) in [4.78, 5) is 61.3. The van der Waals surface area contributed by atoms with Crippen molar-refractivity contribution in [3.63, 3.8) is 0 Å². The van der Waals surface area contributed by atoms with Gasteiger partial charge in [0.25, 0.3) is 0 Å². The molecule has 0 fully saturated rings. The van der Waals surface area contributed by atoms with E-state index in [1.807, 2.05) is 0 Å². The second-order valence-corrected chi connectivity index (χ2v) is 15.9. The molecule has 0 saturated heterocycles. The fourth-order valence-corrected chi connectivity index (χ4v) is 6.39. The lowest BCUT2D eigenvalue weighted by Crippen LogP contribution is -2.44. The first kappa shape index (κ1) is 56.8. The van der Waals surface area contributed by atoms with Crippen molar-refractivity contribution in [1.82, 2.24) is 5.32 Å². The minimum atomic E-state index is -1.06. The molecule has 0 spiro atoms. The summed E-state index contributed by atoms with van der Waals surface area (Å²) in [7, 11) is 0. The molecule has 0 aromatic carbocycles. The molecule has 0 aliphatic heterocycles. The second-order valence-electron chi connectivity index (χ2n) is 15.9. The predicted molar refractivity (Wildman–Crippen MR) is 239 cm³/mol.